The Balaban J connectivity index is 0.00000120. The SMILES string of the molecule is Brc1ccc(CN2C[C@H]3CNC[C@H]3C2)cc1Br.Cl. The zero-order valence-corrected chi connectivity index (χ0v) is 14.0. The largest absolute Gasteiger partial charge is 0.316 e. The van der Waals surface area contributed by atoms with Crippen molar-refractivity contribution in [3.05, 3.63) is 32.7 Å². The van der Waals surface area contributed by atoms with Crippen molar-refractivity contribution in [1.29, 1.82) is 0 Å². The van der Waals surface area contributed by atoms with Gasteiger partial charge in [0.1, 0.15) is 0 Å². The lowest BCUT2D eigenvalue weighted by molar-refractivity contribution is 0.305. The van der Waals surface area contributed by atoms with Gasteiger partial charge in [-0.15, -0.1) is 12.4 Å². The predicted octanol–water partition coefficient (Wildman–Crippen LogP) is 3.28. The lowest BCUT2D eigenvalue weighted by Gasteiger charge is -2.17. The minimum Gasteiger partial charge on any atom is -0.316 e. The molecule has 1 aromatic rings. The number of likely N-dealkylation sites (tertiary alicyclic amines) is 1. The third-order valence-electron chi connectivity index (χ3n) is 3.86. The molecule has 2 heterocycles. The van der Waals surface area contributed by atoms with E-state index in [1.807, 2.05) is 0 Å². The van der Waals surface area contributed by atoms with Crippen molar-refractivity contribution >= 4 is 44.3 Å². The Hall–Kier alpha value is 0.390. The number of fused-ring (bicyclic) bond motifs is 1. The Morgan fingerprint density at radius 1 is 1.11 bits per heavy atom. The van der Waals surface area contributed by atoms with Crippen LogP contribution in [0.3, 0.4) is 0 Å². The molecule has 0 amide bonds. The summed E-state index contributed by atoms with van der Waals surface area (Å²) in [5, 5.41) is 3.48. The van der Waals surface area contributed by atoms with Gasteiger partial charge in [0, 0.05) is 28.6 Å². The fourth-order valence-corrected chi connectivity index (χ4v) is 3.65. The second kappa shape index (κ2) is 6.23. The van der Waals surface area contributed by atoms with Crippen molar-refractivity contribution in [1.82, 2.24) is 10.2 Å². The first-order chi connectivity index (χ1) is 8.22. The molecule has 0 bridgehead atoms. The monoisotopic (exact) mass is 394 g/mol. The molecule has 0 aliphatic carbocycles. The average Bonchev–Trinajstić information content (AvgIpc) is 2.84. The van der Waals surface area contributed by atoms with Crippen molar-refractivity contribution in [3.63, 3.8) is 0 Å². The lowest BCUT2D eigenvalue weighted by Crippen LogP contribution is -2.25. The van der Waals surface area contributed by atoms with Crippen LogP contribution in [0.5, 0.6) is 0 Å². The van der Waals surface area contributed by atoms with Gasteiger partial charge in [-0.3, -0.25) is 4.90 Å². The molecule has 2 saturated heterocycles. The second-order valence-electron chi connectivity index (χ2n) is 5.12. The summed E-state index contributed by atoms with van der Waals surface area (Å²) in [4.78, 5) is 2.59. The first-order valence-electron chi connectivity index (χ1n) is 6.09. The normalized spacial score (nSPS) is 27.0. The molecule has 0 aromatic heterocycles. The van der Waals surface area contributed by atoms with E-state index in [1.54, 1.807) is 0 Å². The van der Waals surface area contributed by atoms with Gasteiger partial charge in [-0.25, -0.2) is 0 Å². The minimum absolute atomic E-state index is 0. The molecule has 2 aliphatic heterocycles. The number of nitrogens with one attached hydrogen (secondary N) is 1. The first kappa shape index (κ1) is 14.8. The summed E-state index contributed by atoms with van der Waals surface area (Å²) >= 11 is 7.08. The topological polar surface area (TPSA) is 15.3 Å². The standard InChI is InChI=1S/C13H16Br2N2.ClH/c14-12-2-1-9(3-13(12)15)6-17-7-10-4-16-5-11(10)8-17;/h1-3,10-11,16H,4-8H2;1H/t10-,11+;. The minimum atomic E-state index is 0. The highest BCUT2D eigenvalue weighted by atomic mass is 79.9. The molecular weight excluding hydrogens is 379 g/mol. The van der Waals surface area contributed by atoms with Gasteiger partial charge in [0.05, 0.1) is 0 Å². The van der Waals surface area contributed by atoms with Crippen molar-refractivity contribution in [2.45, 2.75) is 6.54 Å². The zero-order valence-electron chi connectivity index (χ0n) is 10.0. The van der Waals surface area contributed by atoms with Gasteiger partial charge in [-0.1, -0.05) is 6.07 Å². The van der Waals surface area contributed by atoms with E-state index >= 15 is 0 Å². The van der Waals surface area contributed by atoms with Crippen LogP contribution >= 0.6 is 44.3 Å². The van der Waals surface area contributed by atoms with Gasteiger partial charge >= 0.3 is 0 Å². The molecule has 0 spiro atoms. The summed E-state index contributed by atoms with van der Waals surface area (Å²) in [5.41, 5.74) is 1.40. The van der Waals surface area contributed by atoms with Crippen LogP contribution in [-0.2, 0) is 6.54 Å². The maximum Gasteiger partial charge on any atom is 0.0320 e. The van der Waals surface area contributed by atoms with Crippen molar-refractivity contribution in [3.8, 4) is 0 Å². The summed E-state index contributed by atoms with van der Waals surface area (Å²) in [7, 11) is 0. The Morgan fingerprint density at radius 3 is 2.39 bits per heavy atom. The van der Waals surface area contributed by atoms with E-state index in [0.29, 0.717) is 0 Å². The second-order valence-corrected chi connectivity index (χ2v) is 6.83. The highest BCUT2D eigenvalue weighted by Crippen LogP contribution is 2.29. The smallest absolute Gasteiger partial charge is 0.0320 e. The van der Waals surface area contributed by atoms with Gasteiger partial charge < -0.3 is 5.32 Å². The number of halogens is 3. The summed E-state index contributed by atoms with van der Waals surface area (Å²) < 4.78 is 2.28. The molecule has 2 atom stereocenters. The molecule has 5 heteroatoms. The Morgan fingerprint density at radius 2 is 1.78 bits per heavy atom. The Labute approximate surface area is 131 Å². The molecule has 1 N–H and O–H groups in total. The van der Waals surface area contributed by atoms with Crippen molar-refractivity contribution in [2.75, 3.05) is 26.2 Å². The number of hydrogen-bond acceptors (Lipinski definition) is 2. The molecule has 2 aliphatic rings. The molecule has 3 rings (SSSR count). The molecule has 2 nitrogen and oxygen atoms in total. The summed E-state index contributed by atoms with van der Waals surface area (Å²) in [6.07, 6.45) is 0. The van der Waals surface area contributed by atoms with Crippen LogP contribution in [0.4, 0.5) is 0 Å². The van der Waals surface area contributed by atoms with E-state index in [1.165, 1.54) is 31.7 Å². The molecule has 0 radical (unpaired) electrons. The summed E-state index contributed by atoms with van der Waals surface area (Å²) in [6.45, 7) is 6.02. The van der Waals surface area contributed by atoms with Crippen LogP contribution < -0.4 is 5.32 Å². The zero-order chi connectivity index (χ0) is 11.8. The number of rotatable bonds is 2. The number of benzene rings is 1. The molecule has 2 fully saturated rings. The van der Waals surface area contributed by atoms with E-state index in [0.717, 1.165) is 27.3 Å². The quantitative estimate of drug-likeness (QED) is 0.825. The van der Waals surface area contributed by atoms with Crippen LogP contribution in [0.2, 0.25) is 0 Å². The molecule has 0 saturated carbocycles. The maximum absolute atomic E-state index is 3.57. The van der Waals surface area contributed by atoms with Crippen LogP contribution in [0, 0.1) is 11.8 Å². The van der Waals surface area contributed by atoms with Gasteiger partial charge in [-0.2, -0.15) is 0 Å². The third kappa shape index (κ3) is 3.10. The fourth-order valence-electron chi connectivity index (χ4n) is 2.98. The summed E-state index contributed by atoms with van der Waals surface area (Å²) in [6, 6.07) is 6.55. The average molecular weight is 397 g/mol. The number of hydrogen-bond donors (Lipinski definition) is 1. The Kier molecular flexibility index (Phi) is 5.12. The lowest BCUT2D eigenvalue weighted by atomic mass is 10.0. The third-order valence-corrected chi connectivity index (χ3v) is 5.73. The summed E-state index contributed by atoms with van der Waals surface area (Å²) in [5.74, 6) is 1.77. The van der Waals surface area contributed by atoms with E-state index in [4.69, 9.17) is 0 Å². The van der Waals surface area contributed by atoms with E-state index in [9.17, 15) is 0 Å². The predicted molar refractivity (Wildman–Crippen MR) is 84.2 cm³/mol. The highest BCUT2D eigenvalue weighted by Gasteiger charge is 2.35. The van der Waals surface area contributed by atoms with Gasteiger partial charge in [0.25, 0.3) is 0 Å². The maximum atomic E-state index is 3.57. The first-order valence-corrected chi connectivity index (χ1v) is 7.68. The molecule has 0 unspecified atom stereocenters. The highest BCUT2D eigenvalue weighted by molar-refractivity contribution is 9.13. The van der Waals surface area contributed by atoms with Gasteiger partial charge in [0.15, 0.2) is 0 Å². The van der Waals surface area contributed by atoms with Crippen molar-refractivity contribution in [2.24, 2.45) is 11.8 Å². The van der Waals surface area contributed by atoms with Crippen molar-refractivity contribution < 1.29 is 0 Å². The van der Waals surface area contributed by atoms with Crippen LogP contribution in [0.15, 0.2) is 27.1 Å². The van der Waals surface area contributed by atoms with Gasteiger partial charge in [0.2, 0.25) is 0 Å². The molecule has 100 valence electrons. The molecular formula is C13H17Br2ClN2. The number of nitrogens with zero attached hydrogens (tertiary/aromatic N) is 1. The van der Waals surface area contributed by atoms with Crippen LogP contribution in [0.25, 0.3) is 0 Å². The molecule has 18 heavy (non-hydrogen) atoms. The fraction of sp³-hybridized carbons (Fsp3) is 0.538. The van der Waals surface area contributed by atoms with Gasteiger partial charge in [-0.05, 0) is 74.5 Å². The molecule has 1 aromatic carbocycles. The van der Waals surface area contributed by atoms with E-state index in [-0.39, 0.29) is 12.4 Å². The van der Waals surface area contributed by atoms with Crippen LogP contribution in [0.1, 0.15) is 5.56 Å². The van der Waals surface area contributed by atoms with E-state index < -0.39 is 0 Å². The Bertz CT molecular complexity index is 415. The van der Waals surface area contributed by atoms with E-state index in [2.05, 4.69) is 60.3 Å². The van der Waals surface area contributed by atoms with Crippen LogP contribution in [-0.4, -0.2) is 31.1 Å².